The van der Waals surface area contributed by atoms with Crippen molar-refractivity contribution in [1.29, 1.82) is 0 Å². The van der Waals surface area contributed by atoms with E-state index in [4.69, 9.17) is 15.0 Å². The molecule has 9 heteroatoms. The highest BCUT2D eigenvalue weighted by molar-refractivity contribution is 7.16. The molecule has 0 saturated carbocycles. The van der Waals surface area contributed by atoms with Crippen molar-refractivity contribution < 1.29 is 0 Å². The summed E-state index contributed by atoms with van der Waals surface area (Å²) in [7, 11) is 0. The zero-order valence-electron chi connectivity index (χ0n) is 45.1. The molecule has 13 rings (SSSR count). The van der Waals surface area contributed by atoms with Crippen LogP contribution in [-0.4, -0.2) is 15.0 Å². The van der Waals surface area contributed by atoms with Crippen LogP contribution in [0.1, 0.15) is 31.3 Å². The van der Waals surface area contributed by atoms with Gasteiger partial charge in [0, 0.05) is 67.9 Å². The minimum absolute atomic E-state index is 0.571. The normalized spacial score (nSPS) is 10.6. The summed E-state index contributed by atoms with van der Waals surface area (Å²) in [5.41, 5.74) is 12.4. The maximum Gasteiger partial charge on any atom is 0.174 e. The van der Waals surface area contributed by atoms with Crippen molar-refractivity contribution in [3.63, 3.8) is 0 Å². The van der Waals surface area contributed by atoms with Gasteiger partial charge in [-0.25, -0.2) is 15.0 Å². The Bertz CT molecular complexity index is 3930. The quantitative estimate of drug-likeness (QED) is 0.114. The molecule has 0 bridgehead atoms. The lowest BCUT2D eigenvalue weighted by Gasteiger charge is -2.25. The van der Waals surface area contributed by atoms with Gasteiger partial charge in [0.2, 0.25) is 0 Å². The smallest absolute Gasteiger partial charge is 0.174 e. The van der Waals surface area contributed by atoms with E-state index in [1.54, 1.807) is 34.0 Å². The van der Waals surface area contributed by atoms with Crippen LogP contribution < -0.4 is 14.7 Å². The molecule has 0 atom stereocenters. The van der Waals surface area contributed by atoms with Crippen LogP contribution in [-0.2, 0) is 0 Å². The van der Waals surface area contributed by atoms with Gasteiger partial charge in [-0.3, -0.25) is 0 Å². The highest BCUT2D eigenvalue weighted by Crippen LogP contribution is 2.38. The summed E-state index contributed by atoms with van der Waals surface area (Å²) >= 11 is 4.68. The predicted molar refractivity (Wildman–Crippen MR) is 351 cm³/mol. The van der Waals surface area contributed by atoms with E-state index < -0.39 is 0 Å². The van der Waals surface area contributed by atoms with E-state index in [0.29, 0.717) is 17.5 Å². The third-order valence-corrected chi connectivity index (χ3v) is 16.6. The largest absolute Gasteiger partial charge is 0.311 e. The second-order valence-electron chi connectivity index (χ2n) is 19.2. The van der Waals surface area contributed by atoms with Crippen LogP contribution in [0.15, 0.2) is 291 Å². The Hall–Kier alpha value is -10.8. The summed E-state index contributed by atoms with van der Waals surface area (Å²) < 4.78 is 0. The summed E-state index contributed by atoms with van der Waals surface area (Å²) in [5.74, 6) is 22.2. The van der Waals surface area contributed by atoms with Gasteiger partial charge in [0.05, 0.1) is 29.3 Å². The molecule has 6 nitrogen and oxygen atoms in total. The summed E-state index contributed by atoms with van der Waals surface area (Å²) in [5, 5.41) is 0. The maximum atomic E-state index is 5.12. The second-order valence-corrected chi connectivity index (χ2v) is 22.5. The first-order valence-corrected chi connectivity index (χ1v) is 29.7. The molecule has 13 aromatic rings. The van der Waals surface area contributed by atoms with Gasteiger partial charge in [0.15, 0.2) is 17.5 Å². The number of hydrogen-bond acceptors (Lipinski definition) is 9. The van der Waals surface area contributed by atoms with Crippen LogP contribution >= 0.6 is 34.0 Å². The summed E-state index contributed by atoms with van der Waals surface area (Å²) in [6.45, 7) is 0. The Kier molecular flexibility index (Phi) is 15.6. The molecule has 0 aliphatic rings. The minimum Gasteiger partial charge on any atom is -0.311 e. The van der Waals surface area contributed by atoms with Crippen LogP contribution in [0.5, 0.6) is 0 Å². The third kappa shape index (κ3) is 12.2. The molecular formula is C75H48N6S3. The molecule has 0 spiro atoms. The highest BCUT2D eigenvalue weighted by atomic mass is 32.1. The number of aromatic nitrogens is 3. The molecule has 9 aromatic carbocycles. The zero-order chi connectivity index (χ0) is 56.3. The van der Waals surface area contributed by atoms with Gasteiger partial charge in [0.25, 0.3) is 0 Å². The van der Waals surface area contributed by atoms with E-state index in [1.807, 2.05) is 72.8 Å². The van der Waals surface area contributed by atoms with Gasteiger partial charge >= 0.3 is 0 Å². The number of rotatable bonds is 12. The fraction of sp³-hybridized carbons (Fsp3) is 0. The molecule has 4 aromatic heterocycles. The van der Waals surface area contributed by atoms with Gasteiger partial charge < -0.3 is 14.7 Å². The van der Waals surface area contributed by atoms with E-state index in [0.717, 1.165) is 97.1 Å². The van der Waals surface area contributed by atoms with Crippen LogP contribution in [0.3, 0.4) is 0 Å². The SMILES string of the molecule is C(#Cc1ccc(-c2nc(-c3ccc(C#Cc4ccc(N(c5ccccc5)c5ccccc5)cc4)s3)nc(-c3ccc(C#Cc4ccc(N(c5ccccc5)c5ccccc5)cc4)s3)n2)s1)c1ccc(N(c2ccccc2)c2ccccc2)cc1. The number of anilines is 9. The fourth-order valence-electron chi connectivity index (χ4n) is 9.57. The Balaban J connectivity index is 0.781. The Morgan fingerprint density at radius 2 is 0.405 bits per heavy atom. The van der Waals surface area contributed by atoms with E-state index in [2.05, 4.69) is 269 Å². The Morgan fingerprint density at radius 3 is 0.619 bits per heavy atom. The molecule has 0 saturated heterocycles. The molecule has 0 unspecified atom stereocenters. The van der Waals surface area contributed by atoms with Gasteiger partial charge in [0.1, 0.15) is 0 Å². The summed E-state index contributed by atoms with van der Waals surface area (Å²) in [6, 6.07) is 99.8. The van der Waals surface area contributed by atoms with Crippen molar-refractivity contribution in [2.75, 3.05) is 14.7 Å². The molecule has 0 fully saturated rings. The molecule has 0 aliphatic carbocycles. The number of nitrogens with zero attached hydrogens (tertiary/aromatic N) is 6. The van der Waals surface area contributed by atoms with Crippen molar-refractivity contribution in [3.8, 4) is 67.6 Å². The van der Waals surface area contributed by atoms with Gasteiger partial charge in [-0.15, -0.1) is 34.0 Å². The van der Waals surface area contributed by atoms with Crippen LogP contribution in [0.25, 0.3) is 32.1 Å². The lowest BCUT2D eigenvalue weighted by Crippen LogP contribution is -2.09. The Labute approximate surface area is 501 Å². The number of thiophene rings is 3. The van der Waals surface area contributed by atoms with Crippen molar-refractivity contribution in [3.05, 3.63) is 323 Å². The monoisotopic (exact) mass is 1130 g/mol. The second kappa shape index (κ2) is 24.9. The highest BCUT2D eigenvalue weighted by Gasteiger charge is 2.18. The molecule has 396 valence electrons. The van der Waals surface area contributed by atoms with Crippen LogP contribution in [0.2, 0.25) is 0 Å². The Morgan fingerprint density at radius 1 is 0.202 bits per heavy atom. The first kappa shape index (κ1) is 52.5. The van der Waals surface area contributed by atoms with Gasteiger partial charge in [-0.05, 0) is 182 Å². The molecule has 0 N–H and O–H groups in total. The average Bonchev–Trinajstić information content (AvgIpc) is 4.40. The molecule has 0 amide bonds. The summed E-state index contributed by atoms with van der Waals surface area (Å²) in [4.78, 5) is 27.5. The van der Waals surface area contributed by atoms with Crippen molar-refractivity contribution >= 4 is 85.2 Å². The van der Waals surface area contributed by atoms with E-state index in [1.165, 1.54) is 0 Å². The number of benzene rings is 9. The lowest BCUT2D eigenvalue weighted by atomic mass is 10.1. The third-order valence-electron chi connectivity index (χ3n) is 13.6. The maximum absolute atomic E-state index is 5.12. The molecule has 4 heterocycles. The minimum atomic E-state index is 0.571. The van der Waals surface area contributed by atoms with Crippen LogP contribution in [0, 0.1) is 35.5 Å². The molecule has 0 radical (unpaired) electrons. The van der Waals surface area contributed by atoms with Crippen molar-refractivity contribution in [2.24, 2.45) is 0 Å². The number of hydrogen-bond donors (Lipinski definition) is 0. The topological polar surface area (TPSA) is 48.4 Å². The average molecular weight is 1130 g/mol. The molecule has 0 aliphatic heterocycles. The first-order chi connectivity index (χ1) is 41.6. The van der Waals surface area contributed by atoms with E-state index in [-0.39, 0.29) is 0 Å². The standard InChI is InChI=1S/C75H48N6S3/c1-7-19-58(20-8-1)79(59-21-9-2-10-22-59)64-40-31-55(32-41-64)37-46-67-49-52-70(82-67)73-76-74(71-53-50-68(83-71)47-38-56-33-42-65(43-34-56)80(60-23-11-3-12-24-60)61-25-13-4-14-26-61)78-75(77-73)72-54-51-69(84-72)48-39-57-35-44-66(45-36-57)81(62-27-15-5-16-28-62)63-29-17-6-18-30-63/h1-36,40-45,49-54H. The van der Waals surface area contributed by atoms with Crippen molar-refractivity contribution in [2.45, 2.75) is 0 Å². The molecular weight excluding hydrogens is 1080 g/mol. The van der Waals surface area contributed by atoms with E-state index >= 15 is 0 Å². The van der Waals surface area contributed by atoms with E-state index in [9.17, 15) is 0 Å². The predicted octanol–water partition coefficient (Wildman–Crippen LogP) is 19.7. The zero-order valence-corrected chi connectivity index (χ0v) is 47.6. The van der Waals surface area contributed by atoms with Gasteiger partial charge in [-0.1, -0.05) is 145 Å². The van der Waals surface area contributed by atoms with Crippen molar-refractivity contribution in [1.82, 2.24) is 15.0 Å². The number of para-hydroxylation sites is 6. The fourth-order valence-corrected chi connectivity index (χ4v) is 12.0. The van der Waals surface area contributed by atoms with Gasteiger partial charge in [-0.2, -0.15) is 0 Å². The first-order valence-electron chi connectivity index (χ1n) is 27.2. The van der Waals surface area contributed by atoms with Crippen LogP contribution in [0.4, 0.5) is 51.2 Å². The summed E-state index contributed by atoms with van der Waals surface area (Å²) in [6.07, 6.45) is 0. The molecule has 84 heavy (non-hydrogen) atoms. The lowest BCUT2D eigenvalue weighted by molar-refractivity contribution is 1.09.